The van der Waals surface area contributed by atoms with Crippen molar-refractivity contribution in [2.45, 2.75) is 46.5 Å². The van der Waals surface area contributed by atoms with E-state index in [1.54, 1.807) is 6.92 Å². The number of hydrogen-bond donors (Lipinski definition) is 0. The Morgan fingerprint density at radius 3 is 2.93 bits per heavy atom. The molecule has 1 rings (SSSR count). The number of ketones is 1. The van der Waals surface area contributed by atoms with Crippen LogP contribution in [0, 0.1) is 5.41 Å². The standard InChI is InChI=1S/C13H20O/c1-11-6-4-8-13(3,10-11)9-5-7-12(2)14/h5-6,9H,4,7-8,10H2,1-3H3. The van der Waals surface area contributed by atoms with Crippen LogP contribution >= 0.6 is 0 Å². The summed E-state index contributed by atoms with van der Waals surface area (Å²) in [6.07, 6.45) is 10.7. The van der Waals surface area contributed by atoms with Crippen LogP contribution in [-0.4, -0.2) is 5.78 Å². The molecule has 0 radical (unpaired) electrons. The molecule has 0 N–H and O–H groups in total. The van der Waals surface area contributed by atoms with Crippen molar-refractivity contribution in [1.29, 1.82) is 0 Å². The van der Waals surface area contributed by atoms with E-state index in [-0.39, 0.29) is 11.2 Å². The first kappa shape index (κ1) is 11.2. The molecule has 1 atom stereocenters. The zero-order valence-electron chi connectivity index (χ0n) is 9.47. The summed E-state index contributed by atoms with van der Waals surface area (Å²) in [7, 11) is 0. The van der Waals surface area contributed by atoms with E-state index in [0.29, 0.717) is 6.42 Å². The molecule has 1 aliphatic carbocycles. The third-order valence-corrected chi connectivity index (χ3v) is 2.82. The summed E-state index contributed by atoms with van der Waals surface area (Å²) in [6.45, 7) is 6.11. The maximum Gasteiger partial charge on any atom is 0.133 e. The van der Waals surface area contributed by atoms with E-state index in [2.05, 4.69) is 26.0 Å². The zero-order valence-corrected chi connectivity index (χ0v) is 9.47. The molecule has 0 spiro atoms. The van der Waals surface area contributed by atoms with E-state index < -0.39 is 0 Å². The van der Waals surface area contributed by atoms with Gasteiger partial charge in [0, 0.05) is 6.42 Å². The van der Waals surface area contributed by atoms with Gasteiger partial charge >= 0.3 is 0 Å². The zero-order chi connectivity index (χ0) is 10.6. The first-order chi connectivity index (χ1) is 6.52. The highest BCUT2D eigenvalue weighted by molar-refractivity contribution is 5.76. The minimum Gasteiger partial charge on any atom is -0.300 e. The highest BCUT2D eigenvalue weighted by atomic mass is 16.1. The second-order valence-corrected chi connectivity index (χ2v) is 4.73. The van der Waals surface area contributed by atoms with Crippen LogP contribution in [0.25, 0.3) is 0 Å². The molecule has 1 nitrogen and oxygen atoms in total. The van der Waals surface area contributed by atoms with Crippen LogP contribution < -0.4 is 0 Å². The fraction of sp³-hybridized carbons (Fsp3) is 0.615. The molecule has 0 aromatic rings. The normalized spacial score (nSPS) is 27.8. The number of allylic oxidation sites excluding steroid dienone is 4. The second-order valence-electron chi connectivity index (χ2n) is 4.73. The molecule has 1 unspecified atom stereocenters. The first-order valence-corrected chi connectivity index (χ1v) is 5.35. The van der Waals surface area contributed by atoms with Gasteiger partial charge < -0.3 is 0 Å². The highest BCUT2D eigenvalue weighted by Crippen LogP contribution is 2.36. The Morgan fingerprint density at radius 1 is 1.64 bits per heavy atom. The lowest BCUT2D eigenvalue weighted by Crippen LogP contribution is -2.16. The SMILES string of the molecule is CC(=O)CC=CC1(C)CCC=C(C)C1. The molecule has 0 aliphatic heterocycles. The number of hydrogen-bond acceptors (Lipinski definition) is 1. The Labute approximate surface area is 86.9 Å². The molecular weight excluding hydrogens is 172 g/mol. The lowest BCUT2D eigenvalue weighted by Gasteiger charge is -2.29. The fourth-order valence-corrected chi connectivity index (χ4v) is 2.10. The molecule has 0 aromatic carbocycles. The van der Waals surface area contributed by atoms with Crippen molar-refractivity contribution in [2.24, 2.45) is 5.41 Å². The number of Topliss-reactive ketones (excluding diaryl/α,β-unsaturated/α-hetero) is 1. The largest absolute Gasteiger partial charge is 0.300 e. The summed E-state index contributed by atoms with van der Waals surface area (Å²) in [5.74, 6) is 0.243. The minimum atomic E-state index is 0.243. The van der Waals surface area contributed by atoms with E-state index in [4.69, 9.17) is 0 Å². The summed E-state index contributed by atoms with van der Waals surface area (Å²) in [4.78, 5) is 10.8. The van der Waals surface area contributed by atoms with E-state index in [1.165, 1.54) is 18.4 Å². The van der Waals surface area contributed by atoms with Gasteiger partial charge in [-0.05, 0) is 38.5 Å². The van der Waals surface area contributed by atoms with E-state index >= 15 is 0 Å². The Hall–Kier alpha value is -0.850. The third-order valence-electron chi connectivity index (χ3n) is 2.82. The molecule has 78 valence electrons. The van der Waals surface area contributed by atoms with Gasteiger partial charge in [-0.15, -0.1) is 0 Å². The summed E-state index contributed by atoms with van der Waals surface area (Å²) < 4.78 is 0. The highest BCUT2D eigenvalue weighted by Gasteiger charge is 2.23. The van der Waals surface area contributed by atoms with Crippen molar-refractivity contribution in [1.82, 2.24) is 0 Å². The predicted octanol–water partition coefficient (Wildman–Crippen LogP) is 3.66. The van der Waals surface area contributed by atoms with Crippen LogP contribution in [0.2, 0.25) is 0 Å². The summed E-state index contributed by atoms with van der Waals surface area (Å²) >= 11 is 0. The van der Waals surface area contributed by atoms with Gasteiger partial charge in [-0.3, -0.25) is 4.79 Å². The molecule has 0 saturated heterocycles. The van der Waals surface area contributed by atoms with Crippen molar-refractivity contribution < 1.29 is 4.79 Å². The van der Waals surface area contributed by atoms with E-state index in [0.717, 1.165) is 6.42 Å². The molecule has 0 aromatic heterocycles. The van der Waals surface area contributed by atoms with Crippen molar-refractivity contribution in [3.8, 4) is 0 Å². The quantitative estimate of drug-likeness (QED) is 0.624. The number of rotatable bonds is 3. The first-order valence-electron chi connectivity index (χ1n) is 5.35. The monoisotopic (exact) mass is 192 g/mol. The number of carbonyl (C=O) groups excluding carboxylic acids is 1. The second kappa shape index (κ2) is 4.59. The summed E-state index contributed by atoms with van der Waals surface area (Å²) in [6, 6.07) is 0. The van der Waals surface area contributed by atoms with Crippen LogP contribution in [0.1, 0.15) is 46.5 Å². The van der Waals surface area contributed by atoms with Gasteiger partial charge in [-0.1, -0.05) is 30.7 Å². The van der Waals surface area contributed by atoms with Gasteiger partial charge in [0.05, 0.1) is 0 Å². The summed E-state index contributed by atoms with van der Waals surface area (Å²) in [5, 5.41) is 0. The predicted molar refractivity (Wildman–Crippen MR) is 60.2 cm³/mol. The Bertz CT molecular complexity index is 273. The molecular formula is C13H20O. The third kappa shape index (κ3) is 3.49. The maximum absolute atomic E-state index is 10.8. The van der Waals surface area contributed by atoms with Gasteiger partial charge in [0.15, 0.2) is 0 Å². The van der Waals surface area contributed by atoms with Crippen LogP contribution in [0.15, 0.2) is 23.8 Å². The van der Waals surface area contributed by atoms with Gasteiger partial charge in [0.2, 0.25) is 0 Å². The van der Waals surface area contributed by atoms with Crippen LogP contribution in [-0.2, 0) is 4.79 Å². The Kier molecular flexibility index (Phi) is 3.68. The molecule has 0 saturated carbocycles. The van der Waals surface area contributed by atoms with Gasteiger partial charge in [0.1, 0.15) is 5.78 Å². The summed E-state index contributed by atoms with van der Waals surface area (Å²) in [5.41, 5.74) is 1.76. The molecule has 0 bridgehead atoms. The average Bonchev–Trinajstić information content (AvgIpc) is 2.01. The average molecular weight is 192 g/mol. The van der Waals surface area contributed by atoms with E-state index in [9.17, 15) is 4.79 Å². The van der Waals surface area contributed by atoms with Crippen LogP contribution in [0.5, 0.6) is 0 Å². The van der Waals surface area contributed by atoms with Crippen LogP contribution in [0.3, 0.4) is 0 Å². The smallest absolute Gasteiger partial charge is 0.133 e. The molecule has 1 aliphatic rings. The van der Waals surface area contributed by atoms with Gasteiger partial charge in [-0.25, -0.2) is 0 Å². The van der Waals surface area contributed by atoms with Crippen molar-refractivity contribution in [3.63, 3.8) is 0 Å². The van der Waals surface area contributed by atoms with Gasteiger partial charge in [-0.2, -0.15) is 0 Å². The molecule has 0 fully saturated rings. The lowest BCUT2D eigenvalue weighted by atomic mass is 9.76. The molecule has 0 heterocycles. The van der Waals surface area contributed by atoms with Crippen molar-refractivity contribution in [3.05, 3.63) is 23.8 Å². The maximum atomic E-state index is 10.8. The van der Waals surface area contributed by atoms with Crippen LogP contribution in [0.4, 0.5) is 0 Å². The Balaban J connectivity index is 2.54. The minimum absolute atomic E-state index is 0.243. The molecule has 0 amide bonds. The lowest BCUT2D eigenvalue weighted by molar-refractivity contribution is -0.116. The molecule has 14 heavy (non-hydrogen) atoms. The molecule has 1 heteroatoms. The number of carbonyl (C=O) groups is 1. The Morgan fingerprint density at radius 2 is 2.36 bits per heavy atom. The topological polar surface area (TPSA) is 17.1 Å². The van der Waals surface area contributed by atoms with E-state index in [1.807, 2.05) is 6.08 Å². The van der Waals surface area contributed by atoms with Gasteiger partial charge in [0.25, 0.3) is 0 Å². The fourth-order valence-electron chi connectivity index (χ4n) is 2.10. The van der Waals surface area contributed by atoms with Crippen molar-refractivity contribution >= 4 is 5.78 Å². The van der Waals surface area contributed by atoms with Crippen molar-refractivity contribution in [2.75, 3.05) is 0 Å².